The maximum atomic E-state index is 13.8. The van der Waals surface area contributed by atoms with Crippen molar-refractivity contribution >= 4 is 50.5 Å². The lowest BCUT2D eigenvalue weighted by molar-refractivity contribution is 0.268. The highest BCUT2D eigenvalue weighted by Crippen LogP contribution is 2.35. The first kappa shape index (κ1) is 30.0. The Morgan fingerprint density at radius 2 is 1.70 bits per heavy atom. The molecule has 5 aromatic carbocycles. The number of rotatable bonds is 10. The number of aromatic nitrogens is 2. The largest absolute Gasteiger partial charge is 0.490 e. The van der Waals surface area contributed by atoms with E-state index in [2.05, 4.69) is 35.9 Å². The van der Waals surface area contributed by atoms with Gasteiger partial charge in [0, 0.05) is 16.0 Å². The Labute approximate surface area is 276 Å². The summed E-state index contributed by atoms with van der Waals surface area (Å²) >= 11 is 6.22. The summed E-state index contributed by atoms with van der Waals surface area (Å²) in [6.45, 7) is 6.69. The zero-order valence-electron chi connectivity index (χ0n) is 25.7. The van der Waals surface area contributed by atoms with E-state index in [1.54, 1.807) is 48.7 Å². The average molecular weight is 640 g/mol. The molecular weight excluding hydrogens is 610 g/mol. The highest BCUT2D eigenvalue weighted by atomic mass is 35.5. The zero-order valence-corrected chi connectivity index (χ0v) is 26.4. The summed E-state index contributed by atoms with van der Waals surface area (Å²) in [5.74, 6) is 1.88. The van der Waals surface area contributed by atoms with Crippen molar-refractivity contribution in [3.63, 3.8) is 0 Å². The topological polar surface area (TPSA) is 78.9 Å². The van der Waals surface area contributed by atoms with Gasteiger partial charge in [-0.05, 0) is 83.8 Å². The lowest BCUT2D eigenvalue weighted by Crippen LogP contribution is -2.20. The van der Waals surface area contributed by atoms with Crippen LogP contribution < -0.4 is 15.0 Å². The minimum absolute atomic E-state index is 0.267. The SMILES string of the molecule is C=CCc1cc(C=Nn2c(-c3cc4cc(Cl)ccc4o3)nc3ccccc3c2=O)cc(OCC)c1OCc1cccc2ccccc12. The van der Waals surface area contributed by atoms with Crippen LogP contribution in [-0.4, -0.2) is 22.5 Å². The molecule has 232 valence electrons. The van der Waals surface area contributed by atoms with Crippen LogP contribution in [0.25, 0.3) is 44.2 Å². The molecular formula is C39H30ClN3O4. The van der Waals surface area contributed by atoms with Gasteiger partial charge in [0.05, 0.1) is 23.7 Å². The van der Waals surface area contributed by atoms with Crippen molar-refractivity contribution in [2.24, 2.45) is 5.10 Å². The van der Waals surface area contributed by atoms with Crippen LogP contribution in [0.1, 0.15) is 23.6 Å². The molecule has 0 bridgehead atoms. The summed E-state index contributed by atoms with van der Waals surface area (Å²) in [5.41, 5.74) is 3.50. The van der Waals surface area contributed by atoms with Gasteiger partial charge in [-0.15, -0.1) is 6.58 Å². The Morgan fingerprint density at radius 1 is 0.894 bits per heavy atom. The Morgan fingerprint density at radius 3 is 2.55 bits per heavy atom. The van der Waals surface area contributed by atoms with Crippen LogP contribution in [0.4, 0.5) is 0 Å². The quantitative estimate of drug-likeness (QED) is 0.110. The Kier molecular flexibility index (Phi) is 8.29. The van der Waals surface area contributed by atoms with E-state index in [1.165, 1.54) is 4.68 Å². The van der Waals surface area contributed by atoms with E-state index < -0.39 is 0 Å². The second-order valence-corrected chi connectivity index (χ2v) is 11.4. The molecule has 0 aliphatic carbocycles. The summed E-state index contributed by atoms with van der Waals surface area (Å²) in [5, 5.41) is 8.76. The van der Waals surface area contributed by atoms with Crippen LogP contribution in [-0.2, 0) is 13.0 Å². The molecule has 8 heteroatoms. The van der Waals surface area contributed by atoms with Gasteiger partial charge in [0.2, 0.25) is 5.82 Å². The third-order valence-corrected chi connectivity index (χ3v) is 8.08. The van der Waals surface area contributed by atoms with E-state index in [0.717, 1.165) is 27.3 Å². The number of hydrogen-bond acceptors (Lipinski definition) is 6. The third kappa shape index (κ3) is 6.01. The van der Waals surface area contributed by atoms with Crippen molar-refractivity contribution in [3.8, 4) is 23.1 Å². The highest BCUT2D eigenvalue weighted by molar-refractivity contribution is 6.31. The van der Waals surface area contributed by atoms with Crippen LogP contribution in [0.15, 0.2) is 130 Å². The van der Waals surface area contributed by atoms with Gasteiger partial charge >= 0.3 is 0 Å². The smallest absolute Gasteiger partial charge is 0.282 e. The Bertz CT molecular complexity index is 2370. The first-order chi connectivity index (χ1) is 23.0. The highest BCUT2D eigenvalue weighted by Gasteiger charge is 2.18. The molecule has 0 unspecified atom stereocenters. The average Bonchev–Trinajstić information content (AvgIpc) is 3.51. The molecule has 0 saturated carbocycles. The number of benzene rings is 5. The van der Waals surface area contributed by atoms with Crippen molar-refractivity contribution in [2.75, 3.05) is 6.61 Å². The summed E-state index contributed by atoms with van der Waals surface area (Å²) in [6, 6.07) is 32.6. The van der Waals surface area contributed by atoms with Gasteiger partial charge in [0.25, 0.3) is 5.56 Å². The fourth-order valence-corrected chi connectivity index (χ4v) is 5.88. The Hall–Kier alpha value is -5.66. The van der Waals surface area contributed by atoms with Gasteiger partial charge in [-0.25, -0.2) is 4.98 Å². The molecule has 0 radical (unpaired) electrons. The van der Waals surface area contributed by atoms with Crippen molar-refractivity contribution in [2.45, 2.75) is 20.0 Å². The molecule has 0 saturated heterocycles. The van der Waals surface area contributed by atoms with E-state index in [0.29, 0.717) is 64.0 Å². The molecule has 7 nitrogen and oxygen atoms in total. The number of halogens is 1. The summed E-state index contributed by atoms with van der Waals surface area (Å²) in [4.78, 5) is 18.6. The fourth-order valence-electron chi connectivity index (χ4n) is 5.70. The van der Waals surface area contributed by atoms with E-state index >= 15 is 0 Å². The molecule has 47 heavy (non-hydrogen) atoms. The van der Waals surface area contributed by atoms with Gasteiger partial charge in [-0.3, -0.25) is 4.79 Å². The molecule has 0 atom stereocenters. The second-order valence-electron chi connectivity index (χ2n) is 11.0. The van der Waals surface area contributed by atoms with E-state index in [-0.39, 0.29) is 11.4 Å². The van der Waals surface area contributed by atoms with Crippen LogP contribution in [0.3, 0.4) is 0 Å². The molecule has 0 amide bonds. The van der Waals surface area contributed by atoms with E-state index in [9.17, 15) is 4.79 Å². The standard InChI is InChI=1S/C39H30ClN3O4/c1-3-10-27-19-25(20-35(45-4-2)37(27)46-24-28-13-9-12-26-11-5-6-14-31(26)28)23-41-43-38(42-33-16-8-7-15-32(33)39(43)44)36-22-29-21-30(40)17-18-34(29)47-36/h3,5-9,11-23H,1,4,10,24H2,2H3. The van der Waals surface area contributed by atoms with Gasteiger partial charge in [0.15, 0.2) is 17.3 Å². The summed E-state index contributed by atoms with van der Waals surface area (Å²) < 4.78 is 19.9. The molecule has 0 aliphatic heterocycles. The van der Waals surface area contributed by atoms with Crippen molar-refractivity contribution in [1.82, 2.24) is 9.66 Å². The summed E-state index contributed by atoms with van der Waals surface area (Å²) in [7, 11) is 0. The zero-order chi connectivity index (χ0) is 32.3. The van der Waals surface area contributed by atoms with Gasteiger partial charge in [-0.1, -0.05) is 72.3 Å². The number of ether oxygens (including phenoxy) is 2. The predicted octanol–water partition coefficient (Wildman–Crippen LogP) is 9.20. The van der Waals surface area contributed by atoms with Crippen LogP contribution in [0.2, 0.25) is 5.02 Å². The molecule has 0 N–H and O–H groups in total. The first-order valence-corrected chi connectivity index (χ1v) is 15.7. The monoisotopic (exact) mass is 639 g/mol. The minimum Gasteiger partial charge on any atom is -0.490 e. The number of furan rings is 1. The maximum absolute atomic E-state index is 13.8. The number of allylic oxidation sites excluding steroid dienone is 1. The molecule has 2 aromatic heterocycles. The van der Waals surface area contributed by atoms with Crippen molar-refractivity contribution in [1.29, 1.82) is 0 Å². The first-order valence-electron chi connectivity index (χ1n) is 15.3. The molecule has 7 rings (SSSR count). The number of nitrogens with zero attached hydrogens (tertiary/aromatic N) is 3. The lowest BCUT2D eigenvalue weighted by atomic mass is 10.0. The normalized spacial score (nSPS) is 11.5. The molecule has 2 heterocycles. The molecule has 0 fully saturated rings. The van der Waals surface area contributed by atoms with E-state index in [1.807, 2.05) is 49.4 Å². The van der Waals surface area contributed by atoms with Crippen LogP contribution in [0.5, 0.6) is 11.5 Å². The second kappa shape index (κ2) is 13.0. The Balaban J connectivity index is 1.30. The number of para-hydroxylation sites is 1. The molecule has 0 aliphatic rings. The minimum atomic E-state index is -0.327. The number of hydrogen-bond donors (Lipinski definition) is 0. The van der Waals surface area contributed by atoms with Crippen molar-refractivity contribution in [3.05, 3.63) is 148 Å². The molecule has 0 spiro atoms. The summed E-state index contributed by atoms with van der Waals surface area (Å²) in [6.07, 6.45) is 3.97. The van der Waals surface area contributed by atoms with Gasteiger partial charge in [-0.2, -0.15) is 9.78 Å². The fraction of sp³-hybridized carbons (Fsp3) is 0.103. The lowest BCUT2D eigenvalue weighted by Gasteiger charge is -2.17. The maximum Gasteiger partial charge on any atom is 0.282 e. The predicted molar refractivity (Wildman–Crippen MR) is 189 cm³/mol. The van der Waals surface area contributed by atoms with Crippen molar-refractivity contribution < 1.29 is 13.9 Å². The molecule has 7 aromatic rings. The number of fused-ring (bicyclic) bond motifs is 3. The van der Waals surface area contributed by atoms with Gasteiger partial charge in [0.1, 0.15) is 12.2 Å². The van der Waals surface area contributed by atoms with Crippen LogP contribution >= 0.6 is 11.6 Å². The van der Waals surface area contributed by atoms with Crippen LogP contribution in [0, 0.1) is 0 Å². The third-order valence-electron chi connectivity index (χ3n) is 7.84. The van der Waals surface area contributed by atoms with E-state index in [4.69, 9.17) is 30.5 Å². The van der Waals surface area contributed by atoms with Gasteiger partial charge < -0.3 is 13.9 Å².